The molecule has 4 aromatic rings. The molecule has 1 aliphatic heterocycles. The van der Waals surface area contributed by atoms with E-state index in [1.54, 1.807) is 59.6 Å². The highest BCUT2D eigenvalue weighted by molar-refractivity contribution is 7.09. The van der Waals surface area contributed by atoms with Gasteiger partial charge in [0.15, 0.2) is 0 Å². The largest absolute Gasteiger partial charge is 0.323 e. The van der Waals surface area contributed by atoms with Crippen LogP contribution in [-0.4, -0.2) is 33.6 Å². The van der Waals surface area contributed by atoms with Crippen LogP contribution in [0.2, 0.25) is 5.02 Å². The van der Waals surface area contributed by atoms with E-state index >= 15 is 0 Å². The number of aromatic nitrogens is 1. The van der Waals surface area contributed by atoms with Crippen LogP contribution in [0.4, 0.5) is 11.5 Å². The van der Waals surface area contributed by atoms with Gasteiger partial charge in [-0.15, -0.1) is 11.3 Å². The second kappa shape index (κ2) is 10.5. The summed E-state index contributed by atoms with van der Waals surface area (Å²) in [7, 11) is 0. The van der Waals surface area contributed by atoms with Crippen molar-refractivity contribution in [3.05, 3.63) is 110 Å². The number of amides is 3. The molecule has 0 bridgehead atoms. The number of benzene rings is 2. The Bertz CT molecular complexity index is 1450. The molecule has 2 N–H and O–H groups in total. The summed E-state index contributed by atoms with van der Waals surface area (Å²) in [5.74, 6) is -0.353. The van der Waals surface area contributed by atoms with Crippen molar-refractivity contribution in [1.29, 1.82) is 0 Å². The fourth-order valence-corrected chi connectivity index (χ4v) is 5.07. The standard InChI is InChI=1S/C28H23ClN4O3S/c1-17-4-11-25(30-15-17)32-26(34)19-7-5-18(6-8-19)16-33-24(14-21-3-2-12-37-21)27(35)31-23-13-20(29)9-10-22(23)28(33)36/h2-13,15,24H,14,16H2,1H3,(H,31,35)(H,30,32,34)/t24-/m1/s1. The summed E-state index contributed by atoms with van der Waals surface area (Å²) in [6, 6.07) is 18.6. The maximum Gasteiger partial charge on any atom is 0.256 e. The summed E-state index contributed by atoms with van der Waals surface area (Å²) in [6.45, 7) is 2.13. The summed E-state index contributed by atoms with van der Waals surface area (Å²) in [5, 5.41) is 8.04. The molecule has 0 saturated carbocycles. The smallest absolute Gasteiger partial charge is 0.256 e. The van der Waals surface area contributed by atoms with Crippen LogP contribution in [0.25, 0.3) is 0 Å². The number of aryl methyl sites for hydroxylation is 1. The maximum absolute atomic E-state index is 13.7. The number of carbonyl (C=O) groups excluding carboxylic acids is 3. The zero-order chi connectivity index (χ0) is 25.9. The van der Waals surface area contributed by atoms with Gasteiger partial charge in [0, 0.05) is 34.6 Å². The monoisotopic (exact) mass is 530 g/mol. The molecule has 7 nitrogen and oxygen atoms in total. The molecule has 0 fully saturated rings. The molecule has 9 heteroatoms. The lowest BCUT2D eigenvalue weighted by atomic mass is 10.1. The Hall–Kier alpha value is -4.01. The number of hydrogen-bond acceptors (Lipinski definition) is 5. The molecular weight excluding hydrogens is 508 g/mol. The van der Waals surface area contributed by atoms with E-state index in [0.29, 0.717) is 34.1 Å². The number of thiophene rings is 1. The molecule has 2 aromatic carbocycles. The molecule has 1 atom stereocenters. The minimum atomic E-state index is -0.715. The first-order valence-electron chi connectivity index (χ1n) is 11.6. The zero-order valence-corrected chi connectivity index (χ0v) is 21.5. The molecule has 0 aliphatic carbocycles. The summed E-state index contributed by atoms with van der Waals surface area (Å²) in [6.07, 6.45) is 2.08. The van der Waals surface area contributed by atoms with Crippen LogP contribution in [0.5, 0.6) is 0 Å². The van der Waals surface area contributed by atoms with Gasteiger partial charge in [-0.05, 0) is 65.9 Å². The van der Waals surface area contributed by atoms with Gasteiger partial charge in [0.25, 0.3) is 11.8 Å². The highest BCUT2D eigenvalue weighted by atomic mass is 35.5. The van der Waals surface area contributed by atoms with Crippen molar-refractivity contribution in [3.63, 3.8) is 0 Å². The van der Waals surface area contributed by atoms with Crippen molar-refractivity contribution in [2.24, 2.45) is 0 Å². The SMILES string of the molecule is Cc1ccc(NC(=O)c2ccc(CN3C(=O)c4ccc(Cl)cc4NC(=O)[C@H]3Cc3cccs3)cc2)nc1. The zero-order valence-electron chi connectivity index (χ0n) is 19.9. The van der Waals surface area contributed by atoms with E-state index in [2.05, 4.69) is 15.6 Å². The van der Waals surface area contributed by atoms with Crippen molar-refractivity contribution < 1.29 is 14.4 Å². The first kappa shape index (κ1) is 24.7. The molecule has 0 spiro atoms. The maximum atomic E-state index is 13.7. The topological polar surface area (TPSA) is 91.4 Å². The lowest BCUT2D eigenvalue weighted by Crippen LogP contribution is -2.46. The van der Waals surface area contributed by atoms with Crippen molar-refractivity contribution in [2.75, 3.05) is 10.6 Å². The summed E-state index contributed by atoms with van der Waals surface area (Å²) >= 11 is 7.67. The normalized spacial score (nSPS) is 15.1. The Kier molecular flexibility index (Phi) is 7.03. The molecular formula is C28H23ClN4O3S. The van der Waals surface area contributed by atoms with Gasteiger partial charge in [-0.25, -0.2) is 4.98 Å². The molecule has 186 valence electrons. The van der Waals surface area contributed by atoms with Crippen LogP contribution >= 0.6 is 22.9 Å². The average molecular weight is 531 g/mol. The summed E-state index contributed by atoms with van der Waals surface area (Å²) < 4.78 is 0. The van der Waals surface area contributed by atoms with Gasteiger partial charge in [-0.3, -0.25) is 14.4 Å². The Labute approximate surface area is 223 Å². The number of nitrogens with one attached hydrogen (secondary N) is 2. The van der Waals surface area contributed by atoms with Gasteiger partial charge >= 0.3 is 0 Å². The van der Waals surface area contributed by atoms with Crippen molar-refractivity contribution in [1.82, 2.24) is 9.88 Å². The first-order valence-corrected chi connectivity index (χ1v) is 12.9. The molecule has 37 heavy (non-hydrogen) atoms. The molecule has 2 aromatic heterocycles. The average Bonchev–Trinajstić information content (AvgIpc) is 3.38. The Balaban J connectivity index is 1.40. The van der Waals surface area contributed by atoms with Gasteiger partial charge in [0.1, 0.15) is 11.9 Å². The van der Waals surface area contributed by atoms with Gasteiger partial charge in [0.05, 0.1) is 11.3 Å². The Morgan fingerprint density at radius 1 is 1.11 bits per heavy atom. The summed E-state index contributed by atoms with van der Waals surface area (Å²) in [4.78, 5) is 46.4. The molecule has 0 radical (unpaired) electrons. The predicted octanol–water partition coefficient (Wildman–Crippen LogP) is 5.56. The number of halogens is 1. The molecule has 1 aliphatic rings. The second-order valence-corrected chi connectivity index (χ2v) is 10.3. The Morgan fingerprint density at radius 3 is 2.62 bits per heavy atom. The molecule has 3 amide bonds. The van der Waals surface area contributed by atoms with E-state index in [-0.39, 0.29) is 24.3 Å². The van der Waals surface area contributed by atoms with E-state index in [4.69, 9.17) is 11.6 Å². The van der Waals surface area contributed by atoms with Gasteiger partial charge in [0.2, 0.25) is 5.91 Å². The van der Waals surface area contributed by atoms with Crippen LogP contribution in [-0.2, 0) is 17.8 Å². The minimum absolute atomic E-state index is 0.200. The van der Waals surface area contributed by atoms with Crippen LogP contribution in [0.3, 0.4) is 0 Å². The third-order valence-electron chi connectivity index (χ3n) is 6.11. The highest BCUT2D eigenvalue weighted by Gasteiger charge is 2.35. The first-order chi connectivity index (χ1) is 17.9. The fourth-order valence-electron chi connectivity index (χ4n) is 4.15. The van der Waals surface area contributed by atoms with Crippen LogP contribution < -0.4 is 10.6 Å². The van der Waals surface area contributed by atoms with E-state index in [1.165, 1.54) is 11.3 Å². The van der Waals surface area contributed by atoms with E-state index in [1.807, 2.05) is 30.5 Å². The number of pyridine rings is 1. The number of anilines is 2. The van der Waals surface area contributed by atoms with Crippen molar-refractivity contribution in [2.45, 2.75) is 25.9 Å². The van der Waals surface area contributed by atoms with Gasteiger partial charge in [-0.1, -0.05) is 35.9 Å². The third-order valence-corrected chi connectivity index (χ3v) is 7.24. The van der Waals surface area contributed by atoms with Gasteiger partial charge in [-0.2, -0.15) is 0 Å². The number of fused-ring (bicyclic) bond motifs is 1. The lowest BCUT2D eigenvalue weighted by Gasteiger charge is -2.28. The van der Waals surface area contributed by atoms with Crippen molar-refractivity contribution >= 4 is 52.2 Å². The molecule has 0 saturated heterocycles. The Morgan fingerprint density at radius 2 is 1.92 bits per heavy atom. The van der Waals surface area contributed by atoms with Gasteiger partial charge < -0.3 is 15.5 Å². The number of hydrogen-bond donors (Lipinski definition) is 2. The van der Waals surface area contributed by atoms with Crippen LogP contribution in [0, 0.1) is 6.92 Å². The van der Waals surface area contributed by atoms with E-state index in [9.17, 15) is 14.4 Å². The fraction of sp³-hybridized carbons (Fsp3) is 0.143. The van der Waals surface area contributed by atoms with E-state index < -0.39 is 6.04 Å². The number of nitrogens with zero attached hydrogens (tertiary/aromatic N) is 2. The molecule has 5 rings (SSSR count). The molecule has 0 unspecified atom stereocenters. The van der Waals surface area contributed by atoms with E-state index in [0.717, 1.165) is 16.0 Å². The quantitative estimate of drug-likeness (QED) is 0.341. The number of carbonyl (C=O) groups is 3. The number of rotatable bonds is 6. The highest BCUT2D eigenvalue weighted by Crippen LogP contribution is 2.29. The second-order valence-electron chi connectivity index (χ2n) is 8.78. The van der Waals surface area contributed by atoms with Crippen LogP contribution in [0.15, 0.2) is 78.3 Å². The van der Waals surface area contributed by atoms with Crippen molar-refractivity contribution in [3.8, 4) is 0 Å². The predicted molar refractivity (Wildman–Crippen MR) is 145 cm³/mol. The van der Waals surface area contributed by atoms with Crippen LogP contribution in [0.1, 0.15) is 36.7 Å². The lowest BCUT2D eigenvalue weighted by molar-refractivity contribution is -0.120. The minimum Gasteiger partial charge on any atom is -0.323 e. The third kappa shape index (κ3) is 5.55. The summed E-state index contributed by atoms with van der Waals surface area (Å²) in [5.41, 5.74) is 3.04. The molecule has 3 heterocycles.